The highest BCUT2D eigenvalue weighted by atomic mass is 16.5. The standard InChI is InChI=1S/C21H26N2O4/c1-15(2)12-13-22-19(21(25)26)14-20(24)23-16-8-10-18(11-9-16)27-17-6-4-3-5-7-17/h3-11,15,19,22H,12-14H2,1-2H3,(H,23,24)(H,25,26)/t19-/m1/s1. The maximum atomic E-state index is 12.1. The number of quaternary nitrogens is 1. The number of carboxylic acids is 1. The van der Waals surface area contributed by atoms with Gasteiger partial charge in [0.05, 0.1) is 18.9 Å². The topological polar surface area (TPSA) is 95.1 Å². The Morgan fingerprint density at radius 2 is 1.67 bits per heavy atom. The van der Waals surface area contributed by atoms with E-state index in [1.165, 1.54) is 0 Å². The molecule has 0 heterocycles. The second-order valence-corrected chi connectivity index (χ2v) is 6.82. The van der Waals surface area contributed by atoms with Gasteiger partial charge in [-0.05, 0) is 48.7 Å². The molecule has 144 valence electrons. The summed E-state index contributed by atoms with van der Waals surface area (Å²) in [5.74, 6) is 0.271. The molecule has 0 bridgehead atoms. The minimum Gasteiger partial charge on any atom is -0.544 e. The first kappa shape index (κ1) is 20.5. The van der Waals surface area contributed by atoms with Gasteiger partial charge in [-0.25, -0.2) is 0 Å². The Kier molecular flexibility index (Phi) is 7.82. The van der Waals surface area contributed by atoms with Gasteiger partial charge in [0.15, 0.2) is 0 Å². The van der Waals surface area contributed by atoms with Gasteiger partial charge in [-0.2, -0.15) is 0 Å². The number of carbonyl (C=O) groups excluding carboxylic acids is 2. The quantitative estimate of drug-likeness (QED) is 0.663. The number of ether oxygens (including phenoxy) is 1. The molecular formula is C21H26N2O4. The van der Waals surface area contributed by atoms with Crippen molar-refractivity contribution in [1.29, 1.82) is 0 Å². The Labute approximate surface area is 159 Å². The molecule has 0 aliphatic heterocycles. The number of rotatable bonds is 10. The molecule has 0 saturated heterocycles. The molecule has 1 atom stereocenters. The second-order valence-electron chi connectivity index (χ2n) is 6.82. The second kappa shape index (κ2) is 10.3. The number of para-hydroxylation sites is 1. The average molecular weight is 370 g/mol. The molecule has 0 saturated carbocycles. The maximum absolute atomic E-state index is 12.1. The third-order valence-corrected chi connectivity index (χ3v) is 4.02. The van der Waals surface area contributed by atoms with Crippen LogP contribution >= 0.6 is 0 Å². The number of nitrogens with one attached hydrogen (secondary N) is 1. The summed E-state index contributed by atoms with van der Waals surface area (Å²) in [6.07, 6.45) is 0.747. The maximum Gasteiger partial charge on any atom is 0.230 e. The van der Waals surface area contributed by atoms with E-state index in [0.29, 0.717) is 23.9 Å². The van der Waals surface area contributed by atoms with Crippen LogP contribution in [0.2, 0.25) is 0 Å². The fraction of sp³-hybridized carbons (Fsp3) is 0.333. The summed E-state index contributed by atoms with van der Waals surface area (Å²) < 4.78 is 5.69. The SMILES string of the molecule is CC(C)CC[NH2+][C@H](CC(=O)Nc1ccc(Oc2ccccc2)cc1)C(=O)[O-]. The first-order valence-corrected chi connectivity index (χ1v) is 9.11. The third kappa shape index (κ3) is 7.50. The summed E-state index contributed by atoms with van der Waals surface area (Å²) in [5.41, 5.74) is 0.583. The summed E-state index contributed by atoms with van der Waals surface area (Å²) in [7, 11) is 0. The zero-order valence-electron chi connectivity index (χ0n) is 15.7. The van der Waals surface area contributed by atoms with E-state index < -0.39 is 12.0 Å². The highest BCUT2D eigenvalue weighted by Crippen LogP contribution is 2.22. The molecular weight excluding hydrogens is 344 g/mol. The normalized spacial score (nSPS) is 11.8. The number of aliphatic carboxylic acids is 1. The van der Waals surface area contributed by atoms with Gasteiger partial charge >= 0.3 is 0 Å². The molecule has 27 heavy (non-hydrogen) atoms. The molecule has 1 amide bonds. The predicted molar refractivity (Wildman–Crippen MR) is 101 cm³/mol. The molecule has 0 radical (unpaired) electrons. The van der Waals surface area contributed by atoms with Crippen molar-refractivity contribution < 1.29 is 24.7 Å². The molecule has 2 rings (SSSR count). The fourth-order valence-electron chi connectivity index (χ4n) is 2.54. The lowest BCUT2D eigenvalue weighted by atomic mass is 10.1. The Hall–Kier alpha value is -2.86. The molecule has 6 heteroatoms. The number of hydrogen-bond acceptors (Lipinski definition) is 4. The number of amides is 1. The van der Waals surface area contributed by atoms with E-state index in [-0.39, 0.29) is 12.3 Å². The molecule has 0 aliphatic rings. The minimum atomic E-state index is -1.22. The molecule has 2 aromatic carbocycles. The van der Waals surface area contributed by atoms with E-state index in [2.05, 4.69) is 19.2 Å². The summed E-state index contributed by atoms with van der Waals surface area (Å²) >= 11 is 0. The molecule has 0 spiro atoms. The van der Waals surface area contributed by atoms with Crippen molar-refractivity contribution in [1.82, 2.24) is 0 Å². The Morgan fingerprint density at radius 1 is 1.04 bits per heavy atom. The van der Waals surface area contributed by atoms with Gasteiger partial charge in [0.2, 0.25) is 5.91 Å². The summed E-state index contributed by atoms with van der Waals surface area (Å²) in [6.45, 7) is 4.79. The van der Waals surface area contributed by atoms with Crippen LogP contribution in [0.15, 0.2) is 54.6 Å². The molecule has 6 nitrogen and oxygen atoms in total. The van der Waals surface area contributed by atoms with Crippen LogP contribution in [0.25, 0.3) is 0 Å². The number of hydrogen-bond donors (Lipinski definition) is 2. The van der Waals surface area contributed by atoms with Crippen LogP contribution < -0.4 is 20.5 Å². The van der Waals surface area contributed by atoms with Gasteiger partial charge in [0.25, 0.3) is 0 Å². The zero-order valence-corrected chi connectivity index (χ0v) is 15.7. The van der Waals surface area contributed by atoms with E-state index >= 15 is 0 Å². The van der Waals surface area contributed by atoms with E-state index in [4.69, 9.17) is 4.74 Å². The highest BCUT2D eigenvalue weighted by Gasteiger charge is 2.18. The molecule has 2 aromatic rings. The van der Waals surface area contributed by atoms with Crippen molar-refractivity contribution in [3.8, 4) is 11.5 Å². The summed E-state index contributed by atoms with van der Waals surface area (Å²) in [6, 6.07) is 15.4. The largest absolute Gasteiger partial charge is 0.544 e. The van der Waals surface area contributed by atoms with Crippen LogP contribution in [0.4, 0.5) is 5.69 Å². The van der Waals surface area contributed by atoms with Crippen LogP contribution in [0.3, 0.4) is 0 Å². The van der Waals surface area contributed by atoms with E-state index in [1.54, 1.807) is 29.6 Å². The van der Waals surface area contributed by atoms with Gasteiger partial charge in [-0.1, -0.05) is 32.0 Å². The number of anilines is 1. The Bertz CT molecular complexity index is 730. The van der Waals surface area contributed by atoms with E-state index in [0.717, 1.165) is 12.2 Å². The smallest absolute Gasteiger partial charge is 0.230 e. The minimum absolute atomic E-state index is 0.136. The summed E-state index contributed by atoms with van der Waals surface area (Å²) in [5, 5.41) is 15.6. The van der Waals surface area contributed by atoms with E-state index in [9.17, 15) is 14.7 Å². The van der Waals surface area contributed by atoms with Crippen LogP contribution in [0.1, 0.15) is 26.7 Å². The number of nitrogens with two attached hydrogens (primary N) is 1. The number of benzene rings is 2. The van der Waals surface area contributed by atoms with Gasteiger partial charge in [0, 0.05) is 5.69 Å². The zero-order chi connectivity index (χ0) is 19.6. The fourth-order valence-corrected chi connectivity index (χ4v) is 2.54. The lowest BCUT2D eigenvalue weighted by molar-refractivity contribution is -0.683. The lowest BCUT2D eigenvalue weighted by Gasteiger charge is -2.17. The predicted octanol–water partition coefficient (Wildman–Crippen LogP) is 1.54. The van der Waals surface area contributed by atoms with Gasteiger partial charge in [0.1, 0.15) is 17.5 Å². The van der Waals surface area contributed by atoms with Crippen LogP contribution in [0.5, 0.6) is 11.5 Å². The molecule has 0 unspecified atom stereocenters. The number of carbonyl (C=O) groups is 2. The van der Waals surface area contributed by atoms with Crippen molar-refractivity contribution in [2.45, 2.75) is 32.7 Å². The van der Waals surface area contributed by atoms with Crippen LogP contribution in [0, 0.1) is 5.92 Å². The molecule has 0 fully saturated rings. The van der Waals surface area contributed by atoms with Crippen molar-refractivity contribution in [2.75, 3.05) is 11.9 Å². The molecule has 0 aromatic heterocycles. The van der Waals surface area contributed by atoms with Crippen LogP contribution in [-0.2, 0) is 9.59 Å². The lowest BCUT2D eigenvalue weighted by Crippen LogP contribution is -2.93. The highest BCUT2D eigenvalue weighted by molar-refractivity contribution is 5.93. The Balaban J connectivity index is 1.85. The van der Waals surface area contributed by atoms with Crippen molar-refractivity contribution in [3.63, 3.8) is 0 Å². The average Bonchev–Trinajstić information content (AvgIpc) is 2.63. The molecule has 3 N–H and O–H groups in total. The van der Waals surface area contributed by atoms with Crippen molar-refractivity contribution in [2.24, 2.45) is 5.92 Å². The monoisotopic (exact) mass is 370 g/mol. The first-order chi connectivity index (χ1) is 12.9. The number of carboxylic acid groups (broad SMARTS) is 1. The first-order valence-electron chi connectivity index (χ1n) is 9.11. The van der Waals surface area contributed by atoms with E-state index in [1.807, 2.05) is 30.3 Å². The van der Waals surface area contributed by atoms with Gasteiger partial charge in [-0.3, -0.25) is 4.79 Å². The van der Waals surface area contributed by atoms with Gasteiger partial charge in [-0.15, -0.1) is 0 Å². The third-order valence-electron chi connectivity index (χ3n) is 4.02. The Morgan fingerprint density at radius 3 is 2.26 bits per heavy atom. The van der Waals surface area contributed by atoms with Crippen molar-refractivity contribution in [3.05, 3.63) is 54.6 Å². The molecule has 0 aliphatic carbocycles. The summed E-state index contributed by atoms with van der Waals surface area (Å²) in [4.78, 5) is 23.4. The van der Waals surface area contributed by atoms with Gasteiger partial charge < -0.3 is 25.3 Å². The van der Waals surface area contributed by atoms with Crippen molar-refractivity contribution >= 4 is 17.6 Å². The van der Waals surface area contributed by atoms with Crippen LogP contribution in [-0.4, -0.2) is 24.5 Å².